The van der Waals surface area contributed by atoms with Crippen LogP contribution < -0.4 is 15.6 Å². The van der Waals surface area contributed by atoms with Crippen LogP contribution in [0.5, 0.6) is 5.75 Å². The molecule has 0 aliphatic heterocycles. The van der Waals surface area contributed by atoms with Crippen molar-refractivity contribution in [3.63, 3.8) is 0 Å². The summed E-state index contributed by atoms with van der Waals surface area (Å²) in [7, 11) is 0. The van der Waals surface area contributed by atoms with Gasteiger partial charge in [0.1, 0.15) is 5.75 Å². The van der Waals surface area contributed by atoms with Crippen molar-refractivity contribution in [2.24, 2.45) is 11.8 Å². The van der Waals surface area contributed by atoms with Gasteiger partial charge in [0.25, 0.3) is 5.56 Å². The van der Waals surface area contributed by atoms with Crippen molar-refractivity contribution < 1.29 is 4.74 Å². The van der Waals surface area contributed by atoms with Gasteiger partial charge in [-0.2, -0.15) is 0 Å². The highest BCUT2D eigenvalue weighted by Gasteiger charge is 2.29. The van der Waals surface area contributed by atoms with E-state index in [1.807, 2.05) is 26.0 Å². The molecule has 1 heterocycles. The van der Waals surface area contributed by atoms with E-state index in [1.165, 1.54) is 38.6 Å². The Hall–Kier alpha value is -1.52. The van der Waals surface area contributed by atoms with Gasteiger partial charge in [0, 0.05) is 17.6 Å². The highest BCUT2D eigenvalue weighted by molar-refractivity contribution is 6.32. The lowest BCUT2D eigenvalue weighted by Crippen LogP contribution is -2.40. The molecule has 160 valence electrons. The standard InChI is InChI=1S/C22H29ClN2O2.C2H6/c1-2-20(25-13-14-3-4-14)15-5-7-17(8-6-15)27-21-11-16-9-10-24-22(26)18(16)12-19(21)23;1-2/h9-12,14-15,17,20,25H,2-8,13H2,1H3,(H,24,26);1-2H3. The average Bonchev–Trinajstić information content (AvgIpc) is 3.57. The van der Waals surface area contributed by atoms with E-state index in [1.54, 1.807) is 12.3 Å². The molecule has 2 fully saturated rings. The van der Waals surface area contributed by atoms with E-state index in [9.17, 15) is 4.79 Å². The Morgan fingerprint density at radius 2 is 1.90 bits per heavy atom. The third kappa shape index (κ3) is 5.76. The zero-order chi connectivity index (χ0) is 20.8. The van der Waals surface area contributed by atoms with Gasteiger partial charge in [-0.25, -0.2) is 0 Å². The molecule has 0 spiro atoms. The zero-order valence-corrected chi connectivity index (χ0v) is 18.7. The Kier molecular flexibility index (Phi) is 8.02. The van der Waals surface area contributed by atoms with E-state index >= 15 is 0 Å². The summed E-state index contributed by atoms with van der Waals surface area (Å²) in [4.78, 5) is 14.6. The predicted molar refractivity (Wildman–Crippen MR) is 122 cm³/mol. The third-order valence-corrected chi connectivity index (χ3v) is 6.51. The molecule has 2 aliphatic rings. The van der Waals surface area contributed by atoms with Gasteiger partial charge in [0.05, 0.1) is 11.1 Å². The molecule has 1 unspecified atom stereocenters. The monoisotopic (exact) mass is 418 g/mol. The molecule has 1 atom stereocenters. The molecule has 2 aromatic rings. The van der Waals surface area contributed by atoms with E-state index in [4.69, 9.17) is 16.3 Å². The molecule has 2 N–H and O–H groups in total. The van der Waals surface area contributed by atoms with Gasteiger partial charge in [-0.05, 0) is 86.9 Å². The maximum absolute atomic E-state index is 11.9. The number of nitrogens with one attached hydrogen (secondary N) is 2. The Labute approximate surface area is 179 Å². The van der Waals surface area contributed by atoms with E-state index < -0.39 is 0 Å². The normalized spacial score (nSPS) is 22.6. The van der Waals surface area contributed by atoms with Crippen molar-refractivity contribution in [1.82, 2.24) is 10.3 Å². The van der Waals surface area contributed by atoms with Crippen LogP contribution >= 0.6 is 11.6 Å². The molecule has 5 heteroatoms. The number of rotatable bonds is 7. The van der Waals surface area contributed by atoms with Gasteiger partial charge < -0.3 is 15.0 Å². The maximum atomic E-state index is 11.9. The van der Waals surface area contributed by atoms with Gasteiger partial charge in [-0.3, -0.25) is 4.79 Å². The topological polar surface area (TPSA) is 54.1 Å². The fourth-order valence-corrected chi connectivity index (χ4v) is 4.56. The summed E-state index contributed by atoms with van der Waals surface area (Å²) in [5, 5.41) is 5.78. The van der Waals surface area contributed by atoms with E-state index in [-0.39, 0.29) is 11.7 Å². The molecule has 0 bridgehead atoms. The van der Waals surface area contributed by atoms with Gasteiger partial charge in [-0.15, -0.1) is 0 Å². The van der Waals surface area contributed by atoms with Crippen molar-refractivity contribution in [3.8, 4) is 5.75 Å². The summed E-state index contributed by atoms with van der Waals surface area (Å²) in [6.07, 6.45) is 10.4. The van der Waals surface area contributed by atoms with E-state index in [2.05, 4.69) is 17.2 Å². The van der Waals surface area contributed by atoms with Crippen LogP contribution in [0.3, 0.4) is 0 Å². The second-order valence-electron chi connectivity index (χ2n) is 8.20. The van der Waals surface area contributed by atoms with Gasteiger partial charge in [0.2, 0.25) is 0 Å². The molecule has 0 radical (unpaired) electrons. The molecule has 0 saturated heterocycles. The lowest BCUT2D eigenvalue weighted by molar-refractivity contribution is 0.116. The molecular formula is C24H35ClN2O2. The lowest BCUT2D eigenvalue weighted by Gasteiger charge is -2.34. The molecule has 1 aromatic heterocycles. The molecule has 1 aromatic carbocycles. The molecule has 29 heavy (non-hydrogen) atoms. The fourth-order valence-electron chi connectivity index (χ4n) is 4.35. The highest BCUT2D eigenvalue weighted by Crippen LogP contribution is 2.35. The first-order valence-electron chi connectivity index (χ1n) is 11.3. The molecule has 2 aliphatic carbocycles. The second-order valence-corrected chi connectivity index (χ2v) is 8.60. The Morgan fingerprint density at radius 1 is 1.17 bits per heavy atom. The maximum Gasteiger partial charge on any atom is 0.255 e. The number of halogens is 1. The molecule has 4 nitrogen and oxygen atoms in total. The summed E-state index contributed by atoms with van der Waals surface area (Å²) in [5.74, 6) is 2.37. The predicted octanol–water partition coefficient (Wildman–Crippen LogP) is 5.92. The largest absolute Gasteiger partial charge is 0.489 e. The number of hydrogen-bond acceptors (Lipinski definition) is 3. The number of hydrogen-bond donors (Lipinski definition) is 2. The second kappa shape index (κ2) is 10.5. The van der Waals surface area contributed by atoms with Crippen LogP contribution in [0, 0.1) is 11.8 Å². The molecule has 4 rings (SSSR count). The van der Waals surface area contributed by atoms with E-state index in [0.717, 1.165) is 30.1 Å². The number of pyridine rings is 1. The van der Waals surface area contributed by atoms with Crippen molar-refractivity contribution >= 4 is 22.4 Å². The minimum atomic E-state index is -0.120. The molecule has 0 amide bonds. The summed E-state index contributed by atoms with van der Waals surface area (Å²) >= 11 is 6.38. The van der Waals surface area contributed by atoms with Gasteiger partial charge in [-0.1, -0.05) is 32.4 Å². The smallest absolute Gasteiger partial charge is 0.255 e. The fraction of sp³-hybridized carbons (Fsp3) is 0.625. The van der Waals surface area contributed by atoms with Crippen LogP contribution in [0.1, 0.15) is 65.7 Å². The van der Waals surface area contributed by atoms with Crippen molar-refractivity contribution in [3.05, 3.63) is 39.8 Å². The average molecular weight is 419 g/mol. The first-order valence-corrected chi connectivity index (χ1v) is 11.7. The van der Waals surface area contributed by atoms with Crippen LogP contribution in [0.2, 0.25) is 5.02 Å². The van der Waals surface area contributed by atoms with Crippen LogP contribution in [0.15, 0.2) is 29.2 Å². The number of benzene rings is 1. The number of ether oxygens (including phenoxy) is 1. The van der Waals surface area contributed by atoms with Crippen LogP contribution in [-0.4, -0.2) is 23.7 Å². The SMILES string of the molecule is CC.CCC(NCC1CC1)C1CCC(Oc2cc3cc[nH]c(=O)c3cc2Cl)CC1. The summed E-state index contributed by atoms with van der Waals surface area (Å²) in [6, 6.07) is 6.13. The number of fused-ring (bicyclic) bond motifs is 1. The molecular weight excluding hydrogens is 384 g/mol. The number of aromatic nitrogens is 1. The minimum Gasteiger partial charge on any atom is -0.489 e. The first-order chi connectivity index (χ1) is 14.1. The Bertz CT molecular complexity index is 838. The van der Waals surface area contributed by atoms with Crippen LogP contribution in [0.25, 0.3) is 10.8 Å². The Balaban J connectivity index is 0.00000117. The third-order valence-electron chi connectivity index (χ3n) is 6.21. The minimum absolute atomic E-state index is 0.120. The quantitative estimate of drug-likeness (QED) is 0.586. The lowest BCUT2D eigenvalue weighted by atomic mass is 9.81. The van der Waals surface area contributed by atoms with Crippen molar-refractivity contribution in [2.45, 2.75) is 77.9 Å². The highest BCUT2D eigenvalue weighted by atomic mass is 35.5. The number of H-pyrrole nitrogens is 1. The zero-order valence-electron chi connectivity index (χ0n) is 18.0. The molecule has 2 saturated carbocycles. The first kappa shape index (κ1) is 22.2. The summed E-state index contributed by atoms with van der Waals surface area (Å²) in [5.41, 5.74) is -0.120. The van der Waals surface area contributed by atoms with Crippen molar-refractivity contribution in [1.29, 1.82) is 0 Å². The van der Waals surface area contributed by atoms with Gasteiger partial charge in [0.15, 0.2) is 0 Å². The van der Waals surface area contributed by atoms with Crippen molar-refractivity contribution in [2.75, 3.05) is 6.54 Å². The van der Waals surface area contributed by atoms with Crippen LogP contribution in [0.4, 0.5) is 0 Å². The summed E-state index contributed by atoms with van der Waals surface area (Å²) in [6.45, 7) is 7.49. The number of aromatic amines is 1. The van der Waals surface area contributed by atoms with E-state index in [0.29, 0.717) is 22.2 Å². The van der Waals surface area contributed by atoms with Gasteiger partial charge >= 0.3 is 0 Å². The summed E-state index contributed by atoms with van der Waals surface area (Å²) < 4.78 is 6.24. The van der Waals surface area contributed by atoms with Crippen LogP contribution in [-0.2, 0) is 0 Å². The Morgan fingerprint density at radius 3 is 2.55 bits per heavy atom.